The first-order valence-electron chi connectivity index (χ1n) is 9.27. The second-order valence-corrected chi connectivity index (χ2v) is 7.64. The van der Waals surface area contributed by atoms with Gasteiger partial charge in [-0.3, -0.25) is 14.5 Å². The van der Waals surface area contributed by atoms with Crippen molar-refractivity contribution in [1.29, 1.82) is 5.26 Å². The molecular formula is C22H20FN3O2S. The Bertz CT molecular complexity index is 968. The van der Waals surface area contributed by atoms with Gasteiger partial charge in [-0.25, -0.2) is 4.39 Å². The van der Waals surface area contributed by atoms with Crippen molar-refractivity contribution in [2.75, 3.05) is 11.4 Å². The lowest BCUT2D eigenvalue weighted by atomic mass is 10.1. The molecule has 1 saturated heterocycles. The lowest BCUT2D eigenvalue weighted by molar-refractivity contribution is -0.117. The van der Waals surface area contributed by atoms with Crippen LogP contribution < -0.4 is 10.2 Å². The average Bonchev–Trinajstić information content (AvgIpc) is 3.06. The number of hydrogen-bond acceptors (Lipinski definition) is 4. The summed E-state index contributed by atoms with van der Waals surface area (Å²) in [6.45, 7) is 2.24. The van der Waals surface area contributed by atoms with E-state index in [9.17, 15) is 19.2 Å². The molecule has 0 spiro atoms. The Morgan fingerprint density at radius 2 is 1.90 bits per heavy atom. The second kappa shape index (κ2) is 9.39. The van der Waals surface area contributed by atoms with Crippen molar-refractivity contribution >= 4 is 29.3 Å². The SMILES string of the molecule is CC[C@@H]1S/C(=C(/C#N)C(=O)NCCc2ccccc2)N(c2ccc(F)cc2)C1=O. The maximum absolute atomic E-state index is 13.3. The first-order valence-corrected chi connectivity index (χ1v) is 10.2. The van der Waals surface area contributed by atoms with Gasteiger partial charge in [-0.2, -0.15) is 5.26 Å². The molecule has 5 nitrogen and oxygen atoms in total. The highest BCUT2D eigenvalue weighted by Gasteiger charge is 2.39. The summed E-state index contributed by atoms with van der Waals surface area (Å²) >= 11 is 1.20. The highest BCUT2D eigenvalue weighted by molar-refractivity contribution is 8.05. The van der Waals surface area contributed by atoms with Crippen LogP contribution in [0.1, 0.15) is 18.9 Å². The van der Waals surface area contributed by atoms with E-state index in [2.05, 4.69) is 5.32 Å². The van der Waals surface area contributed by atoms with Crippen molar-refractivity contribution < 1.29 is 14.0 Å². The summed E-state index contributed by atoms with van der Waals surface area (Å²) in [7, 11) is 0. The minimum absolute atomic E-state index is 0.114. The predicted octanol–water partition coefficient (Wildman–Crippen LogP) is 3.78. The van der Waals surface area contributed by atoms with E-state index in [0.29, 0.717) is 25.1 Å². The molecule has 0 radical (unpaired) electrons. The summed E-state index contributed by atoms with van der Waals surface area (Å²) in [4.78, 5) is 26.8. The number of benzene rings is 2. The summed E-state index contributed by atoms with van der Waals surface area (Å²) in [6, 6.07) is 17.1. The van der Waals surface area contributed by atoms with Crippen LogP contribution in [0.5, 0.6) is 0 Å². The van der Waals surface area contributed by atoms with Crippen LogP contribution in [0.15, 0.2) is 65.2 Å². The van der Waals surface area contributed by atoms with E-state index in [1.165, 1.54) is 40.9 Å². The molecule has 1 aliphatic heterocycles. The molecule has 0 unspecified atom stereocenters. The first kappa shape index (κ1) is 20.6. The standard InChI is InChI=1S/C22H20FN3O2S/c1-2-19-21(28)26(17-10-8-16(23)9-11-17)22(29-19)18(14-24)20(27)25-13-12-15-6-4-3-5-7-15/h3-11,19H,2,12-13H2,1H3,(H,25,27)/b22-18-/t19-/m0/s1. The van der Waals surface area contributed by atoms with Crippen LogP contribution in [-0.2, 0) is 16.0 Å². The Labute approximate surface area is 173 Å². The van der Waals surface area contributed by atoms with Gasteiger partial charge in [-0.1, -0.05) is 49.0 Å². The quantitative estimate of drug-likeness (QED) is 0.582. The molecule has 1 fully saturated rings. The summed E-state index contributed by atoms with van der Waals surface area (Å²) in [5, 5.41) is 12.3. The third-order valence-electron chi connectivity index (χ3n) is 4.50. The maximum atomic E-state index is 13.3. The number of nitrogens with zero attached hydrogens (tertiary/aromatic N) is 2. The Morgan fingerprint density at radius 1 is 1.21 bits per heavy atom. The smallest absolute Gasteiger partial charge is 0.264 e. The molecule has 1 atom stereocenters. The fourth-order valence-corrected chi connectivity index (χ4v) is 4.19. The minimum atomic E-state index is -0.525. The van der Waals surface area contributed by atoms with Gasteiger partial charge in [0.25, 0.3) is 5.91 Å². The molecule has 1 aliphatic rings. The summed E-state index contributed by atoms with van der Waals surface area (Å²) in [5.41, 5.74) is 1.39. The number of nitrogens with one attached hydrogen (secondary N) is 1. The molecule has 2 aromatic carbocycles. The van der Waals surface area contributed by atoms with E-state index in [1.54, 1.807) is 0 Å². The van der Waals surface area contributed by atoms with E-state index in [1.807, 2.05) is 43.3 Å². The van der Waals surface area contributed by atoms with Crippen LogP contribution in [0, 0.1) is 17.1 Å². The van der Waals surface area contributed by atoms with Crippen LogP contribution >= 0.6 is 11.8 Å². The fourth-order valence-electron chi connectivity index (χ4n) is 2.99. The molecule has 0 aliphatic carbocycles. The molecule has 29 heavy (non-hydrogen) atoms. The molecule has 148 valence electrons. The van der Waals surface area contributed by atoms with Crippen LogP contribution in [0.4, 0.5) is 10.1 Å². The fraction of sp³-hybridized carbons (Fsp3) is 0.227. The zero-order valence-electron chi connectivity index (χ0n) is 15.9. The topological polar surface area (TPSA) is 73.2 Å². The zero-order valence-corrected chi connectivity index (χ0v) is 16.7. The Hall–Kier alpha value is -3.11. The van der Waals surface area contributed by atoms with Gasteiger partial charge in [0.1, 0.15) is 22.5 Å². The number of hydrogen-bond donors (Lipinski definition) is 1. The van der Waals surface area contributed by atoms with E-state index in [0.717, 1.165) is 5.56 Å². The van der Waals surface area contributed by atoms with Gasteiger partial charge in [0.05, 0.1) is 5.25 Å². The van der Waals surface area contributed by atoms with Gasteiger partial charge in [0.2, 0.25) is 5.91 Å². The summed E-state index contributed by atoms with van der Waals surface area (Å²) in [5.74, 6) is -1.17. The van der Waals surface area contributed by atoms with Crippen molar-refractivity contribution in [3.63, 3.8) is 0 Å². The Morgan fingerprint density at radius 3 is 2.52 bits per heavy atom. The third kappa shape index (κ3) is 4.66. The summed E-state index contributed by atoms with van der Waals surface area (Å²) in [6.07, 6.45) is 1.19. The van der Waals surface area contributed by atoms with Crippen molar-refractivity contribution in [2.45, 2.75) is 25.0 Å². The monoisotopic (exact) mass is 409 g/mol. The number of anilines is 1. The lowest BCUT2D eigenvalue weighted by Gasteiger charge is -2.18. The highest BCUT2D eigenvalue weighted by Crippen LogP contribution is 2.41. The van der Waals surface area contributed by atoms with Crippen LogP contribution in [0.2, 0.25) is 0 Å². The van der Waals surface area contributed by atoms with Gasteiger partial charge < -0.3 is 5.32 Å². The van der Waals surface area contributed by atoms with Gasteiger partial charge in [0.15, 0.2) is 0 Å². The molecule has 0 aromatic heterocycles. The average molecular weight is 409 g/mol. The number of carbonyl (C=O) groups is 2. The number of amides is 2. The first-order chi connectivity index (χ1) is 14.0. The number of nitriles is 1. The number of halogens is 1. The van der Waals surface area contributed by atoms with Crippen LogP contribution in [0.25, 0.3) is 0 Å². The van der Waals surface area contributed by atoms with Crippen LogP contribution in [0.3, 0.4) is 0 Å². The minimum Gasteiger partial charge on any atom is -0.351 e. The van der Waals surface area contributed by atoms with Gasteiger partial charge in [-0.05, 0) is 42.7 Å². The van der Waals surface area contributed by atoms with E-state index < -0.39 is 17.0 Å². The normalized spacial score (nSPS) is 17.8. The van der Waals surface area contributed by atoms with Crippen molar-refractivity contribution in [3.8, 4) is 6.07 Å². The molecular weight excluding hydrogens is 389 g/mol. The molecule has 3 rings (SSSR count). The third-order valence-corrected chi connectivity index (χ3v) is 5.93. The second-order valence-electron chi connectivity index (χ2n) is 6.45. The lowest BCUT2D eigenvalue weighted by Crippen LogP contribution is -2.32. The number of carbonyl (C=O) groups excluding carboxylic acids is 2. The number of rotatable bonds is 6. The molecule has 0 bridgehead atoms. The molecule has 1 heterocycles. The molecule has 2 amide bonds. The predicted molar refractivity (Wildman–Crippen MR) is 111 cm³/mol. The van der Waals surface area contributed by atoms with Crippen molar-refractivity contribution in [2.24, 2.45) is 0 Å². The summed E-state index contributed by atoms with van der Waals surface area (Å²) < 4.78 is 13.3. The van der Waals surface area contributed by atoms with E-state index >= 15 is 0 Å². The zero-order chi connectivity index (χ0) is 20.8. The van der Waals surface area contributed by atoms with Crippen molar-refractivity contribution in [3.05, 3.63) is 76.6 Å². The molecule has 0 saturated carbocycles. The van der Waals surface area contributed by atoms with Crippen LogP contribution in [-0.4, -0.2) is 23.6 Å². The largest absolute Gasteiger partial charge is 0.351 e. The number of thioether (sulfide) groups is 1. The van der Waals surface area contributed by atoms with E-state index in [4.69, 9.17) is 0 Å². The molecule has 2 aromatic rings. The van der Waals surface area contributed by atoms with Gasteiger partial charge in [-0.15, -0.1) is 0 Å². The van der Waals surface area contributed by atoms with Crippen molar-refractivity contribution in [1.82, 2.24) is 5.32 Å². The maximum Gasteiger partial charge on any atom is 0.264 e. The Kier molecular flexibility index (Phi) is 6.68. The van der Waals surface area contributed by atoms with E-state index in [-0.39, 0.29) is 16.5 Å². The van der Waals surface area contributed by atoms with Gasteiger partial charge >= 0.3 is 0 Å². The molecule has 1 N–H and O–H groups in total. The Balaban J connectivity index is 1.84. The van der Waals surface area contributed by atoms with Gasteiger partial charge in [0, 0.05) is 12.2 Å². The molecule has 7 heteroatoms. The highest BCUT2D eigenvalue weighted by atomic mass is 32.2.